The summed E-state index contributed by atoms with van der Waals surface area (Å²) in [5.41, 5.74) is 2.98. The van der Waals surface area contributed by atoms with Crippen molar-refractivity contribution in [2.45, 2.75) is 43.8 Å². The van der Waals surface area contributed by atoms with Crippen molar-refractivity contribution >= 4 is 0 Å². The molecule has 4 fully saturated rings. The summed E-state index contributed by atoms with van der Waals surface area (Å²) in [4.78, 5) is 2.70. The number of benzene rings is 2. The van der Waals surface area contributed by atoms with Gasteiger partial charge >= 0.3 is 0 Å². The van der Waals surface area contributed by atoms with E-state index in [-0.39, 0.29) is 0 Å². The maximum atomic E-state index is 4.01. The largest absolute Gasteiger partial charge is 0.310 e. The SMILES string of the molecule is CC(c1ccccc1)N1C[C@H]2C[C@@H](C1)C2N[C@@H]1C[C@H]1c1ccccc1. The van der Waals surface area contributed by atoms with Crippen LogP contribution in [0.1, 0.15) is 42.9 Å². The van der Waals surface area contributed by atoms with Gasteiger partial charge < -0.3 is 5.32 Å². The summed E-state index contributed by atoms with van der Waals surface area (Å²) < 4.78 is 0. The van der Waals surface area contributed by atoms with E-state index in [4.69, 9.17) is 0 Å². The fourth-order valence-electron chi connectivity index (χ4n) is 5.15. The van der Waals surface area contributed by atoms with Crippen LogP contribution in [0.3, 0.4) is 0 Å². The van der Waals surface area contributed by atoms with Crippen LogP contribution < -0.4 is 5.32 Å². The van der Waals surface area contributed by atoms with Gasteiger partial charge in [-0.25, -0.2) is 0 Å². The molecule has 2 saturated heterocycles. The van der Waals surface area contributed by atoms with E-state index in [9.17, 15) is 0 Å². The van der Waals surface area contributed by atoms with Crippen molar-refractivity contribution in [1.29, 1.82) is 0 Å². The van der Waals surface area contributed by atoms with Gasteiger partial charge in [0.2, 0.25) is 0 Å². The smallest absolute Gasteiger partial charge is 0.0320 e. The Morgan fingerprint density at radius 1 is 0.880 bits per heavy atom. The fourth-order valence-corrected chi connectivity index (χ4v) is 5.15. The molecule has 2 aromatic rings. The molecule has 2 nitrogen and oxygen atoms in total. The number of fused-ring (bicyclic) bond motifs is 2. The highest BCUT2D eigenvalue weighted by atomic mass is 15.2. The van der Waals surface area contributed by atoms with Gasteiger partial charge in [0.05, 0.1) is 0 Å². The predicted molar refractivity (Wildman–Crippen MR) is 103 cm³/mol. The van der Waals surface area contributed by atoms with Gasteiger partial charge in [-0.05, 0) is 42.7 Å². The molecule has 0 spiro atoms. The number of nitrogens with zero attached hydrogens (tertiary/aromatic N) is 1. The molecule has 0 amide bonds. The summed E-state index contributed by atoms with van der Waals surface area (Å²) in [5, 5.41) is 4.01. The molecule has 6 rings (SSSR count). The second kappa shape index (κ2) is 6.26. The molecule has 0 radical (unpaired) electrons. The van der Waals surface area contributed by atoms with E-state index >= 15 is 0 Å². The number of hydrogen-bond acceptors (Lipinski definition) is 2. The summed E-state index contributed by atoms with van der Waals surface area (Å²) in [6, 6.07) is 24.1. The average Bonchev–Trinajstić information content (AvgIpc) is 3.46. The molecule has 0 aromatic heterocycles. The molecule has 2 heteroatoms. The summed E-state index contributed by atoms with van der Waals surface area (Å²) >= 11 is 0. The standard InChI is InChI=1S/C23H28N2/c1-16(17-8-4-2-5-9-17)25-14-19-12-20(15-25)23(19)24-22-13-21(22)18-10-6-3-7-11-18/h2-11,16,19-24H,12-15H2,1H3/t16?,19-,20+,21-,22+,23?/m0/s1. The van der Waals surface area contributed by atoms with Crippen LogP contribution in [0.5, 0.6) is 0 Å². The van der Waals surface area contributed by atoms with Gasteiger partial charge in [0.25, 0.3) is 0 Å². The quantitative estimate of drug-likeness (QED) is 0.882. The maximum Gasteiger partial charge on any atom is 0.0320 e. The van der Waals surface area contributed by atoms with Gasteiger partial charge in [-0.2, -0.15) is 0 Å². The van der Waals surface area contributed by atoms with Crippen LogP contribution in [-0.2, 0) is 0 Å². The first-order valence-electron chi connectivity index (χ1n) is 9.89. The Morgan fingerprint density at radius 3 is 2.20 bits per heavy atom. The summed E-state index contributed by atoms with van der Waals surface area (Å²) in [6.07, 6.45) is 2.75. The first-order chi connectivity index (χ1) is 12.3. The minimum Gasteiger partial charge on any atom is -0.310 e. The predicted octanol–water partition coefficient (Wildman–Crippen LogP) is 4.21. The van der Waals surface area contributed by atoms with E-state index in [1.807, 2.05) is 0 Å². The van der Waals surface area contributed by atoms with Gasteiger partial charge in [-0.1, -0.05) is 60.7 Å². The first kappa shape index (κ1) is 15.6. The number of rotatable bonds is 5. The molecule has 2 aromatic carbocycles. The highest BCUT2D eigenvalue weighted by Gasteiger charge is 2.50. The second-order valence-electron chi connectivity index (χ2n) is 8.35. The monoisotopic (exact) mass is 332 g/mol. The zero-order chi connectivity index (χ0) is 16.8. The molecule has 2 unspecified atom stereocenters. The van der Waals surface area contributed by atoms with Crippen LogP contribution >= 0.6 is 0 Å². The summed E-state index contributed by atoms with van der Waals surface area (Å²) in [7, 11) is 0. The van der Waals surface area contributed by atoms with E-state index in [1.54, 1.807) is 0 Å². The van der Waals surface area contributed by atoms with Crippen molar-refractivity contribution in [3.63, 3.8) is 0 Å². The molecule has 130 valence electrons. The topological polar surface area (TPSA) is 15.3 Å². The van der Waals surface area contributed by atoms with Crippen LogP contribution in [-0.4, -0.2) is 30.1 Å². The van der Waals surface area contributed by atoms with E-state index < -0.39 is 0 Å². The minimum absolute atomic E-state index is 0.547. The van der Waals surface area contributed by atoms with Crippen molar-refractivity contribution in [3.05, 3.63) is 71.8 Å². The number of hydrogen-bond donors (Lipinski definition) is 1. The first-order valence-corrected chi connectivity index (χ1v) is 9.89. The highest BCUT2D eigenvalue weighted by molar-refractivity contribution is 5.28. The van der Waals surface area contributed by atoms with Gasteiger partial charge in [-0.3, -0.25) is 4.90 Å². The van der Waals surface area contributed by atoms with Crippen LogP contribution in [0.25, 0.3) is 0 Å². The molecule has 2 saturated carbocycles. The van der Waals surface area contributed by atoms with Crippen molar-refractivity contribution in [1.82, 2.24) is 10.2 Å². The van der Waals surface area contributed by atoms with Crippen molar-refractivity contribution < 1.29 is 0 Å². The molecule has 2 bridgehead atoms. The Kier molecular flexibility index (Phi) is 3.91. The third kappa shape index (κ3) is 2.92. The normalized spacial score (nSPS) is 35.0. The molecule has 1 N–H and O–H groups in total. The Hall–Kier alpha value is -1.64. The van der Waals surface area contributed by atoms with E-state index in [0.29, 0.717) is 6.04 Å². The summed E-state index contributed by atoms with van der Waals surface area (Å²) in [6.45, 7) is 4.88. The number of nitrogens with one attached hydrogen (secondary N) is 1. The molecule has 6 atom stereocenters. The maximum absolute atomic E-state index is 4.01. The second-order valence-corrected chi connectivity index (χ2v) is 8.35. The lowest BCUT2D eigenvalue weighted by Gasteiger charge is -2.55. The van der Waals surface area contributed by atoms with Crippen LogP contribution in [0.2, 0.25) is 0 Å². The zero-order valence-electron chi connectivity index (χ0n) is 15.0. The van der Waals surface area contributed by atoms with Gasteiger partial charge in [0, 0.05) is 37.1 Å². The molecule has 2 aliphatic heterocycles. The third-order valence-electron chi connectivity index (χ3n) is 6.81. The molecule has 25 heavy (non-hydrogen) atoms. The lowest BCUT2D eigenvalue weighted by atomic mass is 9.65. The zero-order valence-corrected chi connectivity index (χ0v) is 15.0. The third-order valence-corrected chi connectivity index (χ3v) is 6.81. The van der Waals surface area contributed by atoms with E-state index in [1.165, 1.54) is 37.1 Å². The molecular formula is C23H28N2. The van der Waals surface area contributed by atoms with E-state index in [0.717, 1.165) is 29.8 Å². The summed E-state index contributed by atoms with van der Waals surface area (Å²) in [5.74, 6) is 2.45. The van der Waals surface area contributed by atoms with Crippen molar-refractivity contribution in [2.24, 2.45) is 11.8 Å². The number of piperidine rings is 2. The molecular weight excluding hydrogens is 304 g/mol. The Labute approximate surface area is 151 Å². The Balaban J connectivity index is 1.18. The highest BCUT2D eigenvalue weighted by Crippen LogP contribution is 2.47. The van der Waals surface area contributed by atoms with Gasteiger partial charge in [0.1, 0.15) is 0 Å². The van der Waals surface area contributed by atoms with Crippen LogP contribution in [0, 0.1) is 11.8 Å². The molecule has 2 heterocycles. The Bertz CT molecular complexity index is 701. The van der Waals surface area contributed by atoms with E-state index in [2.05, 4.69) is 77.8 Å². The van der Waals surface area contributed by atoms with Crippen molar-refractivity contribution in [3.8, 4) is 0 Å². The van der Waals surface area contributed by atoms with Crippen LogP contribution in [0.15, 0.2) is 60.7 Å². The average molecular weight is 332 g/mol. The molecule has 2 aliphatic carbocycles. The fraction of sp³-hybridized carbons (Fsp3) is 0.478. The van der Waals surface area contributed by atoms with Gasteiger partial charge in [0.15, 0.2) is 0 Å². The minimum atomic E-state index is 0.547. The lowest BCUT2D eigenvalue weighted by Crippen LogP contribution is -2.64. The van der Waals surface area contributed by atoms with Crippen molar-refractivity contribution in [2.75, 3.05) is 13.1 Å². The lowest BCUT2D eigenvalue weighted by molar-refractivity contribution is -0.0329. The van der Waals surface area contributed by atoms with Gasteiger partial charge in [-0.15, -0.1) is 0 Å². The van der Waals surface area contributed by atoms with Crippen LogP contribution in [0.4, 0.5) is 0 Å². The Morgan fingerprint density at radius 2 is 1.52 bits per heavy atom. The molecule has 4 aliphatic rings.